The number of urea groups is 4. The summed E-state index contributed by atoms with van der Waals surface area (Å²) in [5.74, 6) is -1.17. The maximum Gasteiger partial charge on any atom is 0.333 e. The molecule has 0 saturated heterocycles. The first-order valence-electron chi connectivity index (χ1n) is 42.7. The summed E-state index contributed by atoms with van der Waals surface area (Å²) in [6.45, 7) is 20.1. The van der Waals surface area contributed by atoms with E-state index in [-0.39, 0.29) is 57.0 Å². The van der Waals surface area contributed by atoms with Gasteiger partial charge in [0, 0.05) is 142 Å². The SMILES string of the molecule is CC(C)c1cc(F)cc(C(C)C)c1NC(=O)NS(=O)(=O)c1cc(CN(C)CCO)n(C)n1.CN(CCO)Cc1cc(S(=O)(=O)NC(=O)Nc2c3c(cc4c2CCC4)CCC3)nn1C.COCCN(C)Cc1cc(S(=O)(=O)NC(=O)Nc2c(C(C)C)cc(F)cc2C(C)C)nn1C.COCCN(C)Cc1cc(S(=O)(=O)NC(=O)Nc2c3c(cc4c2CCC4)CCC3)nn1C. The molecule has 0 bridgehead atoms. The molecule has 4 aliphatic rings. The summed E-state index contributed by atoms with van der Waals surface area (Å²) in [6, 6.07) is 12.3. The molecule has 0 unspecified atom stereocenters. The van der Waals surface area contributed by atoms with Crippen molar-refractivity contribution in [2.75, 3.05) is 116 Å². The number of aliphatic hydroxyl groups is 2. The maximum atomic E-state index is 14.1. The minimum Gasteiger partial charge on any atom is -0.395 e. The Hall–Kier alpha value is -9.86. The van der Waals surface area contributed by atoms with Gasteiger partial charge in [-0.2, -0.15) is 54.1 Å². The number of nitrogens with zero attached hydrogens (tertiary/aromatic N) is 12. The number of aryl methyl sites for hydroxylation is 8. The molecule has 12 rings (SSSR count). The number of halogens is 2. The Kier molecular flexibility index (Phi) is 35.5. The number of nitrogens with one attached hydrogen (secondary N) is 8. The number of ether oxygens (including phenoxy) is 2. The fraction of sp³-hybridized carbons (Fsp3) is 0.535. The number of likely N-dealkylation sites (N-methyl/N-ethyl adjacent to an activating group) is 4. The lowest BCUT2D eigenvalue weighted by Gasteiger charge is -2.20. The highest BCUT2D eigenvalue weighted by molar-refractivity contribution is 7.90. The molecule has 36 nitrogen and oxygen atoms in total. The van der Waals surface area contributed by atoms with Gasteiger partial charge in [0.1, 0.15) is 11.6 Å². The Labute approximate surface area is 750 Å². The molecule has 8 aromatic rings. The van der Waals surface area contributed by atoms with Gasteiger partial charge in [0.25, 0.3) is 40.1 Å². The van der Waals surface area contributed by atoms with Gasteiger partial charge in [0.15, 0.2) is 20.1 Å². The molecule has 4 aliphatic carbocycles. The van der Waals surface area contributed by atoms with Crippen LogP contribution in [-0.4, -0.2) is 222 Å². The van der Waals surface area contributed by atoms with Crippen LogP contribution in [-0.2, 0) is 155 Å². The third kappa shape index (κ3) is 26.7. The first-order chi connectivity index (χ1) is 60.3. The molecule has 0 radical (unpaired) electrons. The number of methoxy groups -OCH3 is 2. The quantitative estimate of drug-likeness (QED) is 0.0179. The average Bonchev–Trinajstić information content (AvgIpc) is 1.62. The number of hydrogen-bond donors (Lipinski definition) is 10. The summed E-state index contributed by atoms with van der Waals surface area (Å²) in [4.78, 5) is 58.3. The van der Waals surface area contributed by atoms with E-state index < -0.39 is 75.9 Å². The molecule has 704 valence electrons. The molecule has 0 fully saturated rings. The lowest BCUT2D eigenvalue weighted by Crippen LogP contribution is -2.35. The summed E-state index contributed by atoms with van der Waals surface area (Å²) in [7, 11) is 0.552. The number of aliphatic hydroxyl groups excluding tert-OH is 2. The molecule has 0 spiro atoms. The van der Waals surface area contributed by atoms with Crippen LogP contribution in [0.1, 0.15) is 194 Å². The largest absolute Gasteiger partial charge is 0.395 e. The molecule has 0 aliphatic heterocycles. The van der Waals surface area contributed by atoms with Gasteiger partial charge in [-0.15, -0.1) is 0 Å². The second kappa shape index (κ2) is 44.6. The van der Waals surface area contributed by atoms with Crippen LogP contribution >= 0.6 is 0 Å². The number of fused-ring (bicyclic) bond motifs is 4. The Morgan fingerprint density at radius 3 is 0.797 bits per heavy atom. The summed E-state index contributed by atoms with van der Waals surface area (Å²) in [5.41, 5.74) is 17.1. The second-order valence-electron chi connectivity index (χ2n) is 34.0. The van der Waals surface area contributed by atoms with Gasteiger partial charge in [0.2, 0.25) is 0 Å². The fourth-order valence-electron chi connectivity index (χ4n) is 15.9. The highest BCUT2D eigenvalue weighted by atomic mass is 32.2. The zero-order chi connectivity index (χ0) is 94.2. The normalized spacial score (nSPS) is 13.6. The Bertz CT molecular complexity index is 5650. The van der Waals surface area contributed by atoms with Crippen LogP contribution in [0.2, 0.25) is 0 Å². The summed E-state index contributed by atoms with van der Waals surface area (Å²) >= 11 is 0. The number of rotatable bonds is 34. The van der Waals surface area contributed by atoms with Crippen LogP contribution in [0, 0.1) is 11.6 Å². The van der Waals surface area contributed by atoms with Gasteiger partial charge in [-0.05, 0) is 220 Å². The summed E-state index contributed by atoms with van der Waals surface area (Å²) < 4.78 is 155. The molecule has 8 amide bonds. The van der Waals surface area contributed by atoms with E-state index in [2.05, 4.69) is 63.2 Å². The minimum absolute atomic E-state index is 0.00806. The molecule has 42 heteroatoms. The Morgan fingerprint density at radius 1 is 0.367 bits per heavy atom. The predicted octanol–water partition coefficient (Wildman–Crippen LogP) is 9.45. The number of amides is 8. The van der Waals surface area contributed by atoms with E-state index in [1.54, 1.807) is 49.5 Å². The van der Waals surface area contributed by atoms with Crippen LogP contribution in [0.3, 0.4) is 0 Å². The van der Waals surface area contributed by atoms with Crippen molar-refractivity contribution in [2.24, 2.45) is 28.2 Å². The third-order valence-corrected chi connectivity index (χ3v) is 27.4. The van der Waals surface area contributed by atoms with Crippen LogP contribution in [0.5, 0.6) is 0 Å². The van der Waals surface area contributed by atoms with Crippen molar-refractivity contribution in [2.45, 2.75) is 202 Å². The first kappa shape index (κ1) is 102. The molecule has 4 heterocycles. The van der Waals surface area contributed by atoms with Crippen molar-refractivity contribution >= 4 is 87.0 Å². The highest BCUT2D eigenvalue weighted by Gasteiger charge is 2.33. The van der Waals surface area contributed by atoms with Crippen molar-refractivity contribution < 1.29 is 81.3 Å². The van der Waals surface area contributed by atoms with E-state index >= 15 is 0 Å². The summed E-state index contributed by atoms with van der Waals surface area (Å²) in [6.07, 6.45) is 11.8. The van der Waals surface area contributed by atoms with Crippen molar-refractivity contribution in [1.82, 2.24) is 77.6 Å². The molecule has 4 aromatic carbocycles. The summed E-state index contributed by atoms with van der Waals surface area (Å²) in [5, 5.41) is 44.3. The number of hydrogen-bond acceptors (Lipinski definition) is 24. The standard InChI is InChI=1S/C22H34FN5O4S.C22H31N5O4S.C21H32FN5O4S.C21H29N5O4S/c1-14(2)18-10-16(23)11-19(15(3)4)21(18)24-22(29)26-33(30,31)20-12-17(28(6)25-20)13-27(5)8-9-32-7;1-26(10-11-31-3)14-17-13-20(24-27(17)2)32(29,30)25-22(28)23-21-18-8-4-6-15(18)12-16-7-5-9-19(16)21;1-13(2)17-9-15(22)10-18(14(3)4)20(17)23-21(29)25-32(30,31)19-11-16(27(6)24-19)12-26(5)7-8-28;1-25(9-10-27)13-16-12-19(23-26(16)2)31(29,30)24-21(28)22-20-17-7-3-5-14(17)11-15-6-4-8-18(15)20/h10-12,14-15H,8-9,13H2,1-7H3,(H2,24,26,29);12-13H,4-11,14H2,1-3H3,(H2,23,25,28);9-11,13-14,28H,7-8,12H2,1-6H3,(H2,23,25,29);11-12,27H,3-10,13H2,1-2H3,(H2,22,24,28). The van der Waals surface area contributed by atoms with Gasteiger partial charge in [-0.25, -0.2) is 46.8 Å². The molecular formula is C86H126F2N20O16S4. The zero-order valence-corrected chi connectivity index (χ0v) is 79.7. The van der Waals surface area contributed by atoms with Gasteiger partial charge < -0.3 is 41.0 Å². The van der Waals surface area contributed by atoms with Gasteiger partial charge >= 0.3 is 24.1 Å². The number of aromatic nitrogens is 8. The van der Waals surface area contributed by atoms with Crippen LogP contribution in [0.15, 0.2) is 80.8 Å². The zero-order valence-electron chi connectivity index (χ0n) is 76.4. The highest BCUT2D eigenvalue weighted by Crippen LogP contribution is 2.42. The van der Waals surface area contributed by atoms with E-state index in [9.17, 15) is 61.6 Å². The fourth-order valence-corrected chi connectivity index (χ4v) is 19.6. The third-order valence-electron chi connectivity index (χ3n) is 22.6. The Balaban J connectivity index is 0.000000193. The monoisotopic (exact) mass is 1860 g/mol. The van der Waals surface area contributed by atoms with E-state index in [0.717, 1.165) is 116 Å². The molecule has 10 N–H and O–H groups in total. The minimum atomic E-state index is -4.24. The molecule has 4 aromatic heterocycles. The first-order valence-corrected chi connectivity index (χ1v) is 48.6. The molecular weight excluding hydrogens is 1740 g/mol. The number of benzene rings is 4. The van der Waals surface area contributed by atoms with Crippen molar-refractivity contribution in [3.05, 3.63) is 162 Å². The number of anilines is 4. The molecule has 0 atom stereocenters. The average molecular weight is 1860 g/mol. The van der Waals surface area contributed by atoms with Crippen molar-refractivity contribution in [3.8, 4) is 0 Å². The topological polar surface area (TPSA) is 444 Å². The van der Waals surface area contributed by atoms with E-state index in [0.29, 0.717) is 116 Å². The van der Waals surface area contributed by atoms with E-state index in [1.165, 1.54) is 89.5 Å². The number of carbonyl (C=O) groups is 4. The van der Waals surface area contributed by atoms with Crippen LogP contribution < -0.4 is 40.2 Å². The predicted molar refractivity (Wildman–Crippen MR) is 484 cm³/mol. The molecule has 0 saturated carbocycles. The Morgan fingerprint density at radius 2 is 0.586 bits per heavy atom. The smallest absolute Gasteiger partial charge is 0.333 e. The number of carbonyl (C=O) groups excluding carboxylic acids is 4. The van der Waals surface area contributed by atoms with Crippen LogP contribution in [0.25, 0.3) is 0 Å². The van der Waals surface area contributed by atoms with Crippen molar-refractivity contribution in [3.63, 3.8) is 0 Å². The van der Waals surface area contributed by atoms with Gasteiger partial charge in [-0.3, -0.25) is 38.3 Å². The lowest BCUT2D eigenvalue weighted by atomic mass is 9.92. The molecule has 128 heavy (non-hydrogen) atoms. The maximum absolute atomic E-state index is 14.1. The van der Waals surface area contributed by atoms with E-state index in [4.69, 9.17) is 19.7 Å². The lowest BCUT2D eigenvalue weighted by molar-refractivity contribution is 0.157. The van der Waals surface area contributed by atoms with Gasteiger partial charge in [-0.1, -0.05) is 67.5 Å². The second-order valence-corrected chi connectivity index (χ2v) is 40.5. The van der Waals surface area contributed by atoms with Crippen LogP contribution in [0.4, 0.5) is 50.7 Å². The van der Waals surface area contributed by atoms with Crippen molar-refractivity contribution in [1.29, 1.82) is 0 Å². The van der Waals surface area contributed by atoms with E-state index in [1.807, 2.05) is 106 Å². The van der Waals surface area contributed by atoms with Gasteiger partial charge in [0.05, 0.1) is 49.2 Å². The number of sulfonamides is 4.